The molecule has 0 spiro atoms. The van der Waals surface area contributed by atoms with Gasteiger partial charge in [0.15, 0.2) is 0 Å². The van der Waals surface area contributed by atoms with Gasteiger partial charge in [0.25, 0.3) is 0 Å². The zero-order chi connectivity index (χ0) is 14.2. The average Bonchev–Trinajstić information content (AvgIpc) is 3.16. The van der Waals surface area contributed by atoms with Crippen molar-refractivity contribution < 1.29 is 4.52 Å². The maximum Gasteiger partial charge on any atom is 0.231 e. The summed E-state index contributed by atoms with van der Waals surface area (Å²) in [7, 11) is 0. The van der Waals surface area contributed by atoms with E-state index in [0.717, 1.165) is 32.6 Å². The molecular weight excluding hydrogens is 282 g/mol. The number of pyridine rings is 1. The number of nitrogens with zero attached hydrogens (tertiary/aromatic N) is 2. The Hall–Kier alpha value is -2.66. The van der Waals surface area contributed by atoms with Gasteiger partial charge in [0.2, 0.25) is 5.88 Å². The first-order valence-electron chi connectivity index (χ1n) is 6.48. The first-order chi connectivity index (χ1) is 10.3. The number of aromatic nitrogens is 2. The molecule has 0 aliphatic heterocycles. The van der Waals surface area contributed by atoms with E-state index in [0.29, 0.717) is 5.88 Å². The Balaban J connectivity index is 2.03. The minimum Gasteiger partial charge on any atom is -0.367 e. The molecule has 3 heterocycles. The normalized spacial score (nSPS) is 11.0. The van der Waals surface area contributed by atoms with E-state index in [1.165, 1.54) is 0 Å². The number of benzene rings is 1. The number of thiophene rings is 1. The second-order valence-corrected chi connectivity index (χ2v) is 5.57. The van der Waals surface area contributed by atoms with E-state index in [4.69, 9.17) is 10.3 Å². The van der Waals surface area contributed by atoms with E-state index in [9.17, 15) is 0 Å². The van der Waals surface area contributed by atoms with Gasteiger partial charge in [0.1, 0.15) is 5.69 Å². The zero-order valence-corrected chi connectivity index (χ0v) is 11.8. The molecule has 4 nitrogen and oxygen atoms in total. The fraction of sp³-hybridized carbons (Fsp3) is 0. The van der Waals surface area contributed by atoms with Crippen LogP contribution < -0.4 is 5.73 Å². The third-order valence-corrected chi connectivity index (χ3v) is 4.27. The van der Waals surface area contributed by atoms with Crippen LogP contribution in [0.25, 0.3) is 32.6 Å². The van der Waals surface area contributed by atoms with Crippen molar-refractivity contribution in [2.75, 3.05) is 5.73 Å². The molecule has 0 bridgehead atoms. The van der Waals surface area contributed by atoms with E-state index in [1.807, 2.05) is 47.8 Å². The number of anilines is 1. The van der Waals surface area contributed by atoms with Crippen LogP contribution >= 0.6 is 11.3 Å². The summed E-state index contributed by atoms with van der Waals surface area (Å²) in [5.74, 6) is 0.341. The molecule has 0 saturated heterocycles. The molecule has 0 saturated carbocycles. The van der Waals surface area contributed by atoms with Crippen LogP contribution in [-0.4, -0.2) is 10.1 Å². The SMILES string of the molecule is Nc1onc(-c2cccc3ncccc23)c1-c1cccs1. The zero-order valence-electron chi connectivity index (χ0n) is 11.0. The van der Waals surface area contributed by atoms with Gasteiger partial charge >= 0.3 is 0 Å². The monoisotopic (exact) mass is 293 g/mol. The van der Waals surface area contributed by atoms with Crippen LogP contribution in [0.4, 0.5) is 5.88 Å². The van der Waals surface area contributed by atoms with E-state index in [-0.39, 0.29) is 0 Å². The van der Waals surface area contributed by atoms with Crippen LogP contribution in [0.15, 0.2) is 58.6 Å². The van der Waals surface area contributed by atoms with Crippen LogP contribution in [0.5, 0.6) is 0 Å². The molecule has 2 N–H and O–H groups in total. The molecule has 4 aromatic rings. The highest BCUT2D eigenvalue weighted by Crippen LogP contribution is 2.40. The van der Waals surface area contributed by atoms with Crippen LogP contribution in [0, 0.1) is 0 Å². The van der Waals surface area contributed by atoms with Crippen molar-refractivity contribution in [1.29, 1.82) is 0 Å². The van der Waals surface area contributed by atoms with Gasteiger partial charge in [-0.2, -0.15) is 0 Å². The van der Waals surface area contributed by atoms with Crippen LogP contribution in [-0.2, 0) is 0 Å². The standard InChI is InChI=1S/C16H11N3OS/c17-16-14(13-7-3-9-21-13)15(19-20-16)11-4-1-6-12-10(11)5-2-8-18-12/h1-9H,17H2. The number of hydrogen-bond donors (Lipinski definition) is 1. The molecule has 0 fully saturated rings. The summed E-state index contributed by atoms with van der Waals surface area (Å²) in [6.45, 7) is 0. The average molecular weight is 293 g/mol. The molecule has 21 heavy (non-hydrogen) atoms. The van der Waals surface area contributed by atoms with Gasteiger partial charge in [-0.1, -0.05) is 29.4 Å². The minimum atomic E-state index is 0.341. The predicted octanol–water partition coefficient (Wildman–Crippen LogP) is 4.20. The van der Waals surface area contributed by atoms with Crippen molar-refractivity contribution in [3.8, 4) is 21.7 Å². The third-order valence-electron chi connectivity index (χ3n) is 3.39. The summed E-state index contributed by atoms with van der Waals surface area (Å²) in [6, 6.07) is 13.9. The van der Waals surface area contributed by atoms with Gasteiger partial charge in [-0.05, 0) is 23.6 Å². The van der Waals surface area contributed by atoms with Gasteiger partial charge in [-0.15, -0.1) is 11.3 Å². The highest BCUT2D eigenvalue weighted by Gasteiger charge is 2.19. The molecule has 102 valence electrons. The highest BCUT2D eigenvalue weighted by atomic mass is 32.1. The molecule has 0 unspecified atom stereocenters. The Bertz CT molecular complexity index is 907. The van der Waals surface area contributed by atoms with Crippen molar-refractivity contribution >= 4 is 28.1 Å². The number of nitrogen functional groups attached to an aromatic ring is 1. The molecule has 5 heteroatoms. The quantitative estimate of drug-likeness (QED) is 0.601. The lowest BCUT2D eigenvalue weighted by Gasteiger charge is -2.04. The minimum absolute atomic E-state index is 0.341. The van der Waals surface area contributed by atoms with Crippen molar-refractivity contribution in [3.05, 3.63) is 54.0 Å². The molecule has 1 aromatic carbocycles. The second-order valence-electron chi connectivity index (χ2n) is 4.62. The molecular formula is C16H11N3OS. The van der Waals surface area contributed by atoms with Crippen LogP contribution in [0.3, 0.4) is 0 Å². The molecule has 0 atom stereocenters. The van der Waals surface area contributed by atoms with Crippen LogP contribution in [0.2, 0.25) is 0 Å². The summed E-state index contributed by atoms with van der Waals surface area (Å²) >= 11 is 1.61. The fourth-order valence-corrected chi connectivity index (χ4v) is 3.23. The first-order valence-corrected chi connectivity index (χ1v) is 7.35. The van der Waals surface area contributed by atoms with E-state index < -0.39 is 0 Å². The fourth-order valence-electron chi connectivity index (χ4n) is 2.46. The Morgan fingerprint density at radius 1 is 1.05 bits per heavy atom. The van der Waals surface area contributed by atoms with Crippen LogP contribution in [0.1, 0.15) is 0 Å². The maximum atomic E-state index is 5.98. The van der Waals surface area contributed by atoms with E-state index in [1.54, 1.807) is 17.5 Å². The number of nitrogens with two attached hydrogens (primary N) is 1. The van der Waals surface area contributed by atoms with Gasteiger partial charge in [0.05, 0.1) is 11.1 Å². The first kappa shape index (κ1) is 12.1. The third kappa shape index (κ3) is 1.90. The number of fused-ring (bicyclic) bond motifs is 1. The number of hydrogen-bond acceptors (Lipinski definition) is 5. The van der Waals surface area contributed by atoms with Gasteiger partial charge < -0.3 is 10.3 Å². The summed E-state index contributed by atoms with van der Waals surface area (Å²) < 4.78 is 5.24. The van der Waals surface area contributed by atoms with Gasteiger partial charge in [-0.3, -0.25) is 4.98 Å². The second kappa shape index (κ2) is 4.71. The Kier molecular flexibility index (Phi) is 2.72. The van der Waals surface area contributed by atoms with Crippen molar-refractivity contribution in [3.63, 3.8) is 0 Å². The molecule has 4 rings (SSSR count). The molecule has 0 radical (unpaired) electrons. The van der Waals surface area contributed by atoms with E-state index >= 15 is 0 Å². The largest absolute Gasteiger partial charge is 0.367 e. The van der Waals surface area contributed by atoms with E-state index in [2.05, 4.69) is 10.1 Å². The topological polar surface area (TPSA) is 64.9 Å². The lowest BCUT2D eigenvalue weighted by atomic mass is 10.0. The Labute approximate surface area is 124 Å². The van der Waals surface area contributed by atoms with Crippen molar-refractivity contribution in [2.45, 2.75) is 0 Å². The smallest absolute Gasteiger partial charge is 0.231 e. The predicted molar refractivity (Wildman–Crippen MR) is 85.0 cm³/mol. The Morgan fingerprint density at radius 2 is 2.00 bits per heavy atom. The lowest BCUT2D eigenvalue weighted by molar-refractivity contribution is 0.439. The summed E-state index contributed by atoms with van der Waals surface area (Å²) in [5.41, 5.74) is 9.48. The van der Waals surface area contributed by atoms with Crippen molar-refractivity contribution in [1.82, 2.24) is 10.1 Å². The lowest BCUT2D eigenvalue weighted by Crippen LogP contribution is -1.87. The summed E-state index contributed by atoms with van der Waals surface area (Å²) in [4.78, 5) is 5.43. The molecule has 0 aliphatic rings. The summed E-state index contributed by atoms with van der Waals surface area (Å²) in [6.07, 6.45) is 1.78. The van der Waals surface area contributed by atoms with Gasteiger partial charge in [-0.25, -0.2) is 0 Å². The summed E-state index contributed by atoms with van der Waals surface area (Å²) in [5, 5.41) is 7.21. The molecule has 3 aromatic heterocycles. The molecule has 0 aliphatic carbocycles. The number of rotatable bonds is 2. The maximum absolute atomic E-state index is 5.98. The van der Waals surface area contributed by atoms with Gasteiger partial charge in [0, 0.05) is 22.0 Å². The molecule has 0 amide bonds. The highest BCUT2D eigenvalue weighted by molar-refractivity contribution is 7.13. The Morgan fingerprint density at radius 3 is 2.86 bits per heavy atom. The van der Waals surface area contributed by atoms with Crippen molar-refractivity contribution in [2.24, 2.45) is 0 Å².